The van der Waals surface area contributed by atoms with Crippen molar-refractivity contribution in [3.8, 4) is 0 Å². The number of nitrogens with zero attached hydrogens (tertiary/aromatic N) is 1. The second kappa shape index (κ2) is 15.5. The zero-order valence-electron chi connectivity index (χ0n) is 11.0. The summed E-state index contributed by atoms with van der Waals surface area (Å²) in [4.78, 5) is 2.37. The summed E-state index contributed by atoms with van der Waals surface area (Å²) in [6, 6.07) is 0. The van der Waals surface area contributed by atoms with Gasteiger partial charge in [-0.2, -0.15) is 11.8 Å². The van der Waals surface area contributed by atoms with Crippen molar-refractivity contribution in [1.29, 1.82) is 0 Å². The van der Waals surface area contributed by atoms with Crippen molar-refractivity contribution >= 4 is 84.9 Å². The van der Waals surface area contributed by atoms with Gasteiger partial charge in [-0.05, 0) is 7.05 Å². The minimum absolute atomic E-state index is 0. The molecule has 0 aliphatic carbocycles. The van der Waals surface area contributed by atoms with E-state index in [0.717, 1.165) is 0 Å². The van der Waals surface area contributed by atoms with Crippen molar-refractivity contribution in [1.82, 2.24) is 4.90 Å². The van der Waals surface area contributed by atoms with Crippen LogP contribution in [-0.2, 0) is 0 Å². The number of thioether (sulfide) groups is 1. The Hall–Kier alpha value is 1.30. The SMILES string of the molecule is CN1CCSCC1.F[B-](F)(F)F.F[B-](F)(F)F.F[B-](F)(F)F.[KH]. The first-order chi connectivity index (χ1) is 9.39. The first-order valence-corrected chi connectivity index (χ1v) is 6.43. The summed E-state index contributed by atoms with van der Waals surface area (Å²) in [7, 11) is -15.8. The van der Waals surface area contributed by atoms with E-state index in [-0.39, 0.29) is 51.4 Å². The molecule has 0 spiro atoms. The molecule has 0 unspecified atom stereocenters. The first kappa shape index (κ1) is 32.0. The van der Waals surface area contributed by atoms with Gasteiger partial charge >= 0.3 is 73.1 Å². The third-order valence-corrected chi connectivity index (χ3v) is 2.18. The van der Waals surface area contributed by atoms with Crippen LogP contribution in [-0.4, -0.2) is 110 Å². The third-order valence-electron chi connectivity index (χ3n) is 1.23. The molecule has 1 nitrogen and oxygen atoms in total. The zero-order chi connectivity index (χ0) is 18.6. The average Bonchev–Trinajstić information content (AvgIpc) is 2.09. The van der Waals surface area contributed by atoms with Crippen LogP contribution >= 0.6 is 11.8 Å². The van der Waals surface area contributed by atoms with Crippen molar-refractivity contribution in [2.75, 3.05) is 31.6 Å². The van der Waals surface area contributed by atoms with Crippen LogP contribution in [0.3, 0.4) is 0 Å². The molecule has 1 aliphatic heterocycles. The fourth-order valence-electron chi connectivity index (χ4n) is 0.655. The summed E-state index contributed by atoms with van der Waals surface area (Å²) < 4.78 is 117. The molecule has 18 heteroatoms. The Morgan fingerprint density at radius 3 is 0.870 bits per heavy atom. The summed E-state index contributed by atoms with van der Waals surface area (Å²) in [5.74, 6) is 2.66. The maximum absolute atomic E-state index is 9.75. The summed E-state index contributed by atoms with van der Waals surface area (Å²) in [5, 5.41) is 0. The third kappa shape index (κ3) is 122. The van der Waals surface area contributed by atoms with Crippen LogP contribution in [0.25, 0.3) is 0 Å². The van der Waals surface area contributed by atoms with Crippen molar-refractivity contribution < 1.29 is 51.8 Å². The molecule has 0 amide bonds. The normalized spacial score (nSPS) is 15.5. The Balaban J connectivity index is -0.000000105. The van der Waals surface area contributed by atoms with Crippen LogP contribution in [0.2, 0.25) is 0 Å². The number of halogens is 12. The monoisotopic (exact) mass is 418 g/mol. The molecule has 0 bridgehead atoms. The quantitative estimate of drug-likeness (QED) is 0.434. The minimum atomic E-state index is -6.00. The molecule has 0 aromatic carbocycles. The second-order valence-electron chi connectivity index (χ2n) is 3.40. The van der Waals surface area contributed by atoms with Crippen molar-refractivity contribution in [2.24, 2.45) is 0 Å². The van der Waals surface area contributed by atoms with E-state index in [4.69, 9.17) is 0 Å². The van der Waals surface area contributed by atoms with Gasteiger partial charge in [0.2, 0.25) is 0 Å². The maximum atomic E-state index is 9.75. The Morgan fingerprint density at radius 1 is 0.609 bits per heavy atom. The molecular formula is C5H12B3F12KNS-3. The molecule has 1 rings (SSSR count). The molecule has 1 fully saturated rings. The van der Waals surface area contributed by atoms with Crippen LogP contribution in [0, 0.1) is 0 Å². The van der Waals surface area contributed by atoms with Gasteiger partial charge in [0.25, 0.3) is 0 Å². The van der Waals surface area contributed by atoms with Gasteiger partial charge in [-0.25, -0.2) is 0 Å². The van der Waals surface area contributed by atoms with E-state index in [1.54, 1.807) is 0 Å². The summed E-state index contributed by atoms with van der Waals surface area (Å²) in [6.07, 6.45) is 0. The second-order valence-corrected chi connectivity index (χ2v) is 4.63. The Morgan fingerprint density at radius 2 is 0.783 bits per heavy atom. The molecule has 1 saturated heterocycles. The van der Waals surface area contributed by atoms with Crippen molar-refractivity contribution in [3.05, 3.63) is 0 Å². The molecule has 1 heterocycles. The molecule has 0 aromatic heterocycles. The van der Waals surface area contributed by atoms with Crippen molar-refractivity contribution in [2.45, 2.75) is 0 Å². The fourth-order valence-corrected chi connectivity index (χ4v) is 1.74. The summed E-state index contributed by atoms with van der Waals surface area (Å²) >= 11 is 2.06. The van der Waals surface area contributed by atoms with Gasteiger partial charge in [-0.1, -0.05) is 0 Å². The van der Waals surface area contributed by atoms with Gasteiger partial charge in [0.05, 0.1) is 0 Å². The van der Waals surface area contributed by atoms with Crippen LogP contribution < -0.4 is 0 Å². The number of rotatable bonds is 0. The van der Waals surface area contributed by atoms with Gasteiger partial charge in [0.15, 0.2) is 0 Å². The molecule has 0 saturated carbocycles. The van der Waals surface area contributed by atoms with E-state index >= 15 is 0 Å². The Labute approximate surface area is 172 Å². The van der Waals surface area contributed by atoms with Crippen molar-refractivity contribution in [3.63, 3.8) is 0 Å². The molecule has 23 heavy (non-hydrogen) atoms. The Bertz CT molecular complexity index is 208. The van der Waals surface area contributed by atoms with Crippen LogP contribution in [0.5, 0.6) is 0 Å². The predicted octanol–water partition coefficient (Wildman–Crippen LogP) is 3.92. The molecule has 1 aliphatic rings. The van der Waals surface area contributed by atoms with Gasteiger partial charge in [0, 0.05) is 24.6 Å². The van der Waals surface area contributed by atoms with E-state index in [9.17, 15) is 51.8 Å². The Kier molecular flexibility index (Phi) is 21.6. The van der Waals surface area contributed by atoms with E-state index < -0.39 is 21.8 Å². The van der Waals surface area contributed by atoms with Gasteiger partial charge in [-0.15, -0.1) is 0 Å². The number of hydrogen-bond donors (Lipinski definition) is 0. The molecule has 0 radical (unpaired) electrons. The first-order valence-electron chi connectivity index (χ1n) is 5.28. The van der Waals surface area contributed by atoms with E-state index in [2.05, 4.69) is 23.7 Å². The molecule has 140 valence electrons. The summed E-state index contributed by atoms with van der Waals surface area (Å²) in [6.45, 7) is 2.56. The van der Waals surface area contributed by atoms with Gasteiger partial charge in [0.1, 0.15) is 0 Å². The van der Waals surface area contributed by atoms with E-state index in [0.29, 0.717) is 0 Å². The van der Waals surface area contributed by atoms with Crippen LogP contribution in [0.4, 0.5) is 51.8 Å². The predicted molar refractivity (Wildman–Crippen MR) is 72.5 cm³/mol. The number of hydrogen-bond acceptors (Lipinski definition) is 2. The van der Waals surface area contributed by atoms with Crippen LogP contribution in [0.1, 0.15) is 0 Å². The van der Waals surface area contributed by atoms with Gasteiger partial charge in [-0.3, -0.25) is 0 Å². The topological polar surface area (TPSA) is 3.24 Å². The average molecular weight is 418 g/mol. The molecule has 0 atom stereocenters. The standard InChI is InChI=1S/C5H11NS.3BF4.K.H/c1-6-2-4-7-5-3-6;3*2-1(3,4)5;;/h2-5H2,1H3;;;;;/q;3*-1;;. The molecular weight excluding hydrogens is 406 g/mol. The molecule has 0 N–H and O–H groups in total. The van der Waals surface area contributed by atoms with Gasteiger partial charge < -0.3 is 56.7 Å². The zero-order valence-corrected chi connectivity index (χ0v) is 11.8. The van der Waals surface area contributed by atoms with E-state index in [1.165, 1.54) is 24.6 Å². The van der Waals surface area contributed by atoms with E-state index in [1.807, 2.05) is 0 Å². The molecule has 0 aromatic rings. The summed E-state index contributed by atoms with van der Waals surface area (Å²) in [5.41, 5.74) is 0. The van der Waals surface area contributed by atoms with Crippen LogP contribution in [0.15, 0.2) is 0 Å². The fraction of sp³-hybridized carbons (Fsp3) is 1.00.